The molecular weight excluding hydrogens is 274 g/mol. The summed E-state index contributed by atoms with van der Waals surface area (Å²) in [4.78, 5) is 11.3. The quantitative estimate of drug-likeness (QED) is 0.925. The van der Waals surface area contributed by atoms with Crippen LogP contribution in [0.3, 0.4) is 0 Å². The Bertz CT molecular complexity index is 694. The first kappa shape index (κ1) is 13.4. The van der Waals surface area contributed by atoms with Gasteiger partial charge in [-0.25, -0.2) is 9.48 Å². The van der Waals surface area contributed by atoms with Gasteiger partial charge in [-0.2, -0.15) is 0 Å². The van der Waals surface area contributed by atoms with E-state index in [1.165, 1.54) is 0 Å². The van der Waals surface area contributed by atoms with Crippen LogP contribution in [0.4, 0.5) is 0 Å². The fourth-order valence-electron chi connectivity index (χ4n) is 2.26. The van der Waals surface area contributed by atoms with Gasteiger partial charge in [-0.3, -0.25) is 0 Å². The summed E-state index contributed by atoms with van der Waals surface area (Å²) >= 11 is 0. The molecule has 0 amide bonds. The first-order valence-corrected chi connectivity index (χ1v) is 6.64. The van der Waals surface area contributed by atoms with Gasteiger partial charge < -0.3 is 14.6 Å². The van der Waals surface area contributed by atoms with Crippen LogP contribution < -0.4 is 9.47 Å². The summed E-state index contributed by atoms with van der Waals surface area (Å²) in [6, 6.07) is 5.35. The lowest BCUT2D eigenvalue weighted by atomic mass is 10.1. The Morgan fingerprint density at radius 1 is 1.38 bits per heavy atom. The molecule has 1 aliphatic heterocycles. The van der Waals surface area contributed by atoms with Gasteiger partial charge in [-0.1, -0.05) is 19.1 Å². The van der Waals surface area contributed by atoms with E-state index in [4.69, 9.17) is 9.47 Å². The molecule has 0 atom stereocenters. The third kappa shape index (κ3) is 2.42. The molecule has 1 aliphatic rings. The minimum absolute atomic E-state index is 0.0126. The molecule has 0 saturated heterocycles. The van der Waals surface area contributed by atoms with Gasteiger partial charge in [0.25, 0.3) is 0 Å². The molecule has 0 saturated carbocycles. The minimum Gasteiger partial charge on any atom is -0.476 e. The molecule has 21 heavy (non-hydrogen) atoms. The molecule has 0 aliphatic carbocycles. The molecule has 110 valence electrons. The van der Waals surface area contributed by atoms with Crippen LogP contribution >= 0.6 is 0 Å². The van der Waals surface area contributed by atoms with E-state index < -0.39 is 5.97 Å². The standard InChI is InChI=1S/C14H15N3O4/c1-8(2)5-10-13(14(18)19)15-16-17(10)9-3-4-11-12(6-9)21-7-20-11/h3-4,6,8H,5,7H2,1-2H3,(H,18,19). The fourth-order valence-corrected chi connectivity index (χ4v) is 2.26. The van der Waals surface area contributed by atoms with Gasteiger partial charge in [0, 0.05) is 6.07 Å². The van der Waals surface area contributed by atoms with Crippen LogP contribution in [0.1, 0.15) is 30.0 Å². The van der Waals surface area contributed by atoms with E-state index in [0.717, 1.165) is 0 Å². The number of hydrogen-bond acceptors (Lipinski definition) is 5. The highest BCUT2D eigenvalue weighted by atomic mass is 16.7. The molecule has 0 bridgehead atoms. The molecule has 7 heteroatoms. The Labute approximate surface area is 121 Å². The zero-order chi connectivity index (χ0) is 15.0. The highest BCUT2D eigenvalue weighted by molar-refractivity contribution is 5.86. The van der Waals surface area contributed by atoms with Crippen molar-refractivity contribution in [3.63, 3.8) is 0 Å². The van der Waals surface area contributed by atoms with Crippen molar-refractivity contribution < 1.29 is 19.4 Å². The fraction of sp³-hybridized carbons (Fsp3) is 0.357. The summed E-state index contributed by atoms with van der Waals surface area (Å²) < 4.78 is 12.1. The second-order valence-electron chi connectivity index (χ2n) is 5.24. The lowest BCUT2D eigenvalue weighted by Crippen LogP contribution is -2.09. The smallest absolute Gasteiger partial charge is 0.358 e. The van der Waals surface area contributed by atoms with E-state index in [1.54, 1.807) is 22.9 Å². The van der Waals surface area contributed by atoms with Crippen LogP contribution in [0.15, 0.2) is 18.2 Å². The molecule has 7 nitrogen and oxygen atoms in total. The van der Waals surface area contributed by atoms with E-state index in [-0.39, 0.29) is 18.4 Å². The lowest BCUT2D eigenvalue weighted by molar-refractivity contribution is 0.0689. The van der Waals surface area contributed by atoms with Crippen molar-refractivity contribution in [1.29, 1.82) is 0 Å². The van der Waals surface area contributed by atoms with Gasteiger partial charge in [0.2, 0.25) is 6.79 Å². The van der Waals surface area contributed by atoms with Crippen molar-refractivity contribution in [1.82, 2.24) is 15.0 Å². The summed E-state index contributed by atoms with van der Waals surface area (Å²) in [6.45, 7) is 4.22. The number of rotatable bonds is 4. The Kier molecular flexibility index (Phi) is 3.25. The normalized spacial score (nSPS) is 12.9. The Balaban J connectivity index is 2.07. The maximum absolute atomic E-state index is 11.3. The van der Waals surface area contributed by atoms with Crippen molar-refractivity contribution in [2.45, 2.75) is 20.3 Å². The average molecular weight is 289 g/mol. The van der Waals surface area contributed by atoms with Gasteiger partial charge in [-0.05, 0) is 24.5 Å². The predicted octanol–water partition coefficient (Wildman–Crippen LogP) is 1.89. The summed E-state index contributed by atoms with van der Waals surface area (Å²) in [5, 5.41) is 17.0. The van der Waals surface area contributed by atoms with Gasteiger partial charge in [0.15, 0.2) is 17.2 Å². The second-order valence-corrected chi connectivity index (χ2v) is 5.24. The molecule has 0 fully saturated rings. The van der Waals surface area contributed by atoms with E-state index in [9.17, 15) is 9.90 Å². The van der Waals surface area contributed by atoms with Crippen molar-refractivity contribution in [3.8, 4) is 17.2 Å². The zero-order valence-electron chi connectivity index (χ0n) is 11.7. The number of nitrogens with zero attached hydrogens (tertiary/aromatic N) is 3. The van der Waals surface area contributed by atoms with Gasteiger partial charge in [-0.15, -0.1) is 5.10 Å². The van der Waals surface area contributed by atoms with E-state index in [1.807, 2.05) is 13.8 Å². The van der Waals surface area contributed by atoms with E-state index in [0.29, 0.717) is 29.3 Å². The highest BCUT2D eigenvalue weighted by Crippen LogP contribution is 2.34. The largest absolute Gasteiger partial charge is 0.476 e. The summed E-state index contributed by atoms with van der Waals surface area (Å²) in [6.07, 6.45) is 0.572. The summed E-state index contributed by atoms with van der Waals surface area (Å²) in [5.74, 6) is 0.505. The first-order valence-electron chi connectivity index (χ1n) is 6.64. The van der Waals surface area contributed by atoms with Crippen molar-refractivity contribution in [2.75, 3.05) is 6.79 Å². The van der Waals surface area contributed by atoms with Gasteiger partial charge in [0.1, 0.15) is 0 Å². The average Bonchev–Trinajstić information content (AvgIpc) is 3.03. The monoisotopic (exact) mass is 289 g/mol. The third-order valence-corrected chi connectivity index (χ3v) is 3.17. The number of hydrogen-bond donors (Lipinski definition) is 1. The minimum atomic E-state index is -1.07. The molecule has 1 aromatic carbocycles. The van der Waals surface area contributed by atoms with Gasteiger partial charge >= 0.3 is 5.97 Å². The number of fused-ring (bicyclic) bond motifs is 1. The molecular formula is C14H15N3O4. The molecule has 0 radical (unpaired) electrons. The maximum atomic E-state index is 11.3. The van der Waals surface area contributed by atoms with E-state index in [2.05, 4.69) is 10.3 Å². The molecule has 2 aromatic rings. The maximum Gasteiger partial charge on any atom is 0.358 e. The lowest BCUT2D eigenvalue weighted by Gasteiger charge is -2.09. The van der Waals surface area contributed by atoms with Crippen LogP contribution in [-0.2, 0) is 6.42 Å². The molecule has 2 heterocycles. The Hall–Kier alpha value is -2.57. The van der Waals surface area contributed by atoms with Crippen LogP contribution in [-0.4, -0.2) is 32.9 Å². The molecule has 3 rings (SSSR count). The molecule has 0 unspecified atom stereocenters. The predicted molar refractivity (Wildman–Crippen MR) is 73.0 cm³/mol. The number of carboxylic acids is 1. The Morgan fingerprint density at radius 2 is 2.14 bits per heavy atom. The van der Waals surface area contributed by atoms with Crippen molar-refractivity contribution >= 4 is 5.97 Å². The topological polar surface area (TPSA) is 86.5 Å². The van der Waals surface area contributed by atoms with Crippen molar-refractivity contribution in [2.24, 2.45) is 5.92 Å². The number of ether oxygens (including phenoxy) is 2. The number of carboxylic acid groups (broad SMARTS) is 1. The number of carbonyl (C=O) groups is 1. The van der Waals surface area contributed by atoms with Crippen molar-refractivity contribution in [3.05, 3.63) is 29.6 Å². The summed E-state index contributed by atoms with van der Waals surface area (Å²) in [5.41, 5.74) is 1.27. The second kappa shape index (κ2) is 5.08. The third-order valence-electron chi connectivity index (χ3n) is 3.17. The molecule has 1 aromatic heterocycles. The van der Waals surface area contributed by atoms with Crippen LogP contribution in [0.25, 0.3) is 5.69 Å². The Morgan fingerprint density at radius 3 is 2.86 bits per heavy atom. The zero-order valence-corrected chi connectivity index (χ0v) is 11.7. The van der Waals surface area contributed by atoms with Crippen LogP contribution in [0, 0.1) is 5.92 Å². The summed E-state index contributed by atoms with van der Waals surface area (Å²) in [7, 11) is 0. The highest BCUT2D eigenvalue weighted by Gasteiger charge is 2.22. The first-order chi connectivity index (χ1) is 10.1. The number of aromatic carboxylic acids is 1. The van der Waals surface area contributed by atoms with Gasteiger partial charge in [0.05, 0.1) is 11.4 Å². The van der Waals surface area contributed by atoms with Crippen LogP contribution in [0.5, 0.6) is 11.5 Å². The van der Waals surface area contributed by atoms with E-state index >= 15 is 0 Å². The SMILES string of the molecule is CC(C)Cc1c(C(=O)O)nnn1-c1ccc2c(c1)OCO2. The molecule has 1 N–H and O–H groups in total. The number of aromatic nitrogens is 3. The number of benzene rings is 1. The van der Waals surface area contributed by atoms with Crippen LogP contribution in [0.2, 0.25) is 0 Å². The molecule has 0 spiro atoms.